The molecule has 2 heteroatoms. The standard InChI is InChI=1S/C15H21NS/c1-5-16-9-13(10-17-11(2)3)14-7-6-12(4)8-15(14)16/h6-9,11H,5,10H2,1-4H3. The van der Waals surface area contributed by atoms with Crippen LogP contribution in [0.15, 0.2) is 24.4 Å². The molecule has 0 aliphatic rings. The number of benzene rings is 1. The lowest BCUT2D eigenvalue weighted by molar-refractivity contribution is 0.794. The molecular weight excluding hydrogens is 226 g/mol. The van der Waals surface area contributed by atoms with Crippen LogP contribution in [0.25, 0.3) is 10.9 Å². The van der Waals surface area contributed by atoms with E-state index in [0.29, 0.717) is 5.25 Å². The number of thioether (sulfide) groups is 1. The zero-order chi connectivity index (χ0) is 12.4. The number of aryl methyl sites for hydroxylation is 2. The SMILES string of the molecule is CCn1cc(CSC(C)C)c2ccc(C)cc21. The van der Waals surface area contributed by atoms with E-state index < -0.39 is 0 Å². The van der Waals surface area contributed by atoms with Gasteiger partial charge in [-0.2, -0.15) is 11.8 Å². The summed E-state index contributed by atoms with van der Waals surface area (Å²) in [6.45, 7) is 9.93. The zero-order valence-corrected chi connectivity index (χ0v) is 12.0. The lowest BCUT2D eigenvalue weighted by Gasteiger charge is -2.03. The highest BCUT2D eigenvalue weighted by Gasteiger charge is 2.08. The second kappa shape index (κ2) is 5.18. The van der Waals surface area contributed by atoms with E-state index in [1.54, 1.807) is 0 Å². The highest BCUT2D eigenvalue weighted by atomic mass is 32.2. The third kappa shape index (κ3) is 2.68. The van der Waals surface area contributed by atoms with Crippen LogP contribution in [0.3, 0.4) is 0 Å². The second-order valence-electron chi connectivity index (χ2n) is 4.82. The highest BCUT2D eigenvalue weighted by molar-refractivity contribution is 7.99. The van der Waals surface area contributed by atoms with Crippen molar-refractivity contribution in [3.8, 4) is 0 Å². The van der Waals surface area contributed by atoms with Crippen molar-refractivity contribution in [1.82, 2.24) is 4.57 Å². The normalized spacial score (nSPS) is 11.6. The van der Waals surface area contributed by atoms with Crippen molar-refractivity contribution < 1.29 is 0 Å². The van der Waals surface area contributed by atoms with Gasteiger partial charge in [0.1, 0.15) is 0 Å². The quantitative estimate of drug-likeness (QED) is 0.763. The van der Waals surface area contributed by atoms with Crippen molar-refractivity contribution in [1.29, 1.82) is 0 Å². The molecule has 0 fully saturated rings. The van der Waals surface area contributed by atoms with Crippen molar-refractivity contribution in [2.75, 3.05) is 0 Å². The summed E-state index contributed by atoms with van der Waals surface area (Å²) in [6.07, 6.45) is 2.32. The first kappa shape index (κ1) is 12.6. The van der Waals surface area contributed by atoms with Gasteiger partial charge in [0.05, 0.1) is 0 Å². The van der Waals surface area contributed by atoms with E-state index in [2.05, 4.69) is 56.7 Å². The number of nitrogens with zero attached hydrogens (tertiary/aromatic N) is 1. The van der Waals surface area contributed by atoms with Crippen LogP contribution in [0.5, 0.6) is 0 Å². The second-order valence-corrected chi connectivity index (χ2v) is 6.39. The first-order chi connectivity index (χ1) is 8.11. The monoisotopic (exact) mass is 247 g/mol. The fourth-order valence-corrected chi connectivity index (χ4v) is 2.85. The first-order valence-electron chi connectivity index (χ1n) is 6.31. The summed E-state index contributed by atoms with van der Waals surface area (Å²) < 4.78 is 2.36. The number of aromatic nitrogens is 1. The summed E-state index contributed by atoms with van der Waals surface area (Å²) in [6, 6.07) is 6.78. The Morgan fingerprint density at radius 3 is 2.71 bits per heavy atom. The Kier molecular flexibility index (Phi) is 3.82. The number of hydrogen-bond donors (Lipinski definition) is 0. The van der Waals surface area contributed by atoms with Crippen molar-refractivity contribution in [3.05, 3.63) is 35.5 Å². The molecule has 0 spiro atoms. The minimum Gasteiger partial charge on any atom is -0.347 e. The van der Waals surface area contributed by atoms with Crippen molar-refractivity contribution in [2.45, 2.75) is 45.2 Å². The molecule has 1 aromatic carbocycles. The summed E-state index contributed by atoms with van der Waals surface area (Å²) in [5.74, 6) is 1.12. The van der Waals surface area contributed by atoms with Gasteiger partial charge in [-0.25, -0.2) is 0 Å². The van der Waals surface area contributed by atoms with Gasteiger partial charge in [0.2, 0.25) is 0 Å². The van der Waals surface area contributed by atoms with Gasteiger partial charge in [0.25, 0.3) is 0 Å². The molecule has 0 bridgehead atoms. The van der Waals surface area contributed by atoms with E-state index in [1.165, 1.54) is 22.0 Å². The van der Waals surface area contributed by atoms with E-state index in [0.717, 1.165) is 12.3 Å². The first-order valence-corrected chi connectivity index (χ1v) is 7.36. The van der Waals surface area contributed by atoms with Crippen LogP contribution in [0.4, 0.5) is 0 Å². The van der Waals surface area contributed by atoms with Crippen LogP contribution in [0.2, 0.25) is 0 Å². The minimum absolute atomic E-state index is 0.695. The fraction of sp³-hybridized carbons (Fsp3) is 0.467. The average Bonchev–Trinajstić information content (AvgIpc) is 2.63. The van der Waals surface area contributed by atoms with E-state index in [1.807, 2.05) is 11.8 Å². The van der Waals surface area contributed by atoms with Crippen molar-refractivity contribution in [2.24, 2.45) is 0 Å². The maximum absolute atomic E-state index is 2.36. The molecule has 1 nitrogen and oxygen atoms in total. The summed E-state index contributed by atoms with van der Waals surface area (Å²) >= 11 is 2.01. The van der Waals surface area contributed by atoms with Crippen LogP contribution in [-0.2, 0) is 12.3 Å². The van der Waals surface area contributed by atoms with Crippen LogP contribution in [-0.4, -0.2) is 9.82 Å². The Morgan fingerprint density at radius 2 is 2.06 bits per heavy atom. The van der Waals surface area contributed by atoms with Crippen molar-refractivity contribution in [3.63, 3.8) is 0 Å². The molecule has 17 heavy (non-hydrogen) atoms. The number of rotatable bonds is 4. The van der Waals surface area contributed by atoms with Crippen LogP contribution >= 0.6 is 11.8 Å². The van der Waals surface area contributed by atoms with Crippen LogP contribution in [0.1, 0.15) is 31.9 Å². The molecule has 1 aromatic heterocycles. The topological polar surface area (TPSA) is 4.93 Å². The van der Waals surface area contributed by atoms with Gasteiger partial charge in [-0.3, -0.25) is 0 Å². The molecule has 0 aliphatic carbocycles. The average molecular weight is 247 g/mol. The molecule has 0 saturated heterocycles. The maximum Gasteiger partial charge on any atom is 0.0486 e. The molecule has 0 N–H and O–H groups in total. The predicted octanol–water partition coefficient (Wildman–Crippen LogP) is 4.61. The van der Waals surface area contributed by atoms with Gasteiger partial charge in [-0.1, -0.05) is 26.0 Å². The number of fused-ring (bicyclic) bond motifs is 1. The molecule has 1 heterocycles. The lowest BCUT2D eigenvalue weighted by atomic mass is 10.1. The smallest absolute Gasteiger partial charge is 0.0486 e. The van der Waals surface area contributed by atoms with E-state index in [-0.39, 0.29) is 0 Å². The van der Waals surface area contributed by atoms with Crippen LogP contribution in [0, 0.1) is 6.92 Å². The largest absolute Gasteiger partial charge is 0.347 e. The summed E-state index contributed by atoms with van der Waals surface area (Å²) in [5, 5.41) is 2.12. The van der Waals surface area contributed by atoms with Crippen molar-refractivity contribution >= 4 is 22.7 Å². The van der Waals surface area contributed by atoms with Gasteiger partial charge in [-0.15, -0.1) is 0 Å². The molecule has 0 amide bonds. The molecule has 0 saturated carbocycles. The molecule has 2 rings (SSSR count). The summed E-state index contributed by atoms with van der Waals surface area (Å²) in [4.78, 5) is 0. The van der Waals surface area contributed by atoms with Gasteiger partial charge >= 0.3 is 0 Å². The molecular formula is C15H21NS. The van der Waals surface area contributed by atoms with Gasteiger partial charge in [0.15, 0.2) is 0 Å². The van der Waals surface area contributed by atoms with Gasteiger partial charge < -0.3 is 4.57 Å². The van der Waals surface area contributed by atoms with E-state index in [4.69, 9.17) is 0 Å². The maximum atomic E-state index is 2.36. The predicted molar refractivity (Wildman–Crippen MR) is 78.8 cm³/mol. The molecule has 0 radical (unpaired) electrons. The Hall–Kier alpha value is -0.890. The highest BCUT2D eigenvalue weighted by Crippen LogP contribution is 2.27. The summed E-state index contributed by atoms with van der Waals surface area (Å²) in [5.41, 5.74) is 4.20. The van der Waals surface area contributed by atoms with E-state index >= 15 is 0 Å². The minimum atomic E-state index is 0.695. The Labute approximate surface area is 108 Å². The molecule has 0 aliphatic heterocycles. The van der Waals surface area contributed by atoms with Gasteiger partial charge in [-0.05, 0) is 36.3 Å². The van der Waals surface area contributed by atoms with E-state index in [9.17, 15) is 0 Å². The summed E-state index contributed by atoms with van der Waals surface area (Å²) in [7, 11) is 0. The molecule has 2 aromatic rings. The Balaban J connectivity index is 2.42. The third-order valence-electron chi connectivity index (χ3n) is 3.03. The van der Waals surface area contributed by atoms with Gasteiger partial charge in [0, 0.05) is 29.4 Å². The molecule has 92 valence electrons. The Bertz CT molecular complexity index is 511. The number of hydrogen-bond acceptors (Lipinski definition) is 1. The fourth-order valence-electron chi connectivity index (χ4n) is 2.11. The molecule has 0 atom stereocenters. The van der Waals surface area contributed by atoms with Crippen LogP contribution < -0.4 is 0 Å². The molecule has 0 unspecified atom stereocenters. The Morgan fingerprint density at radius 1 is 1.29 bits per heavy atom. The lowest BCUT2D eigenvalue weighted by Crippen LogP contribution is -1.91. The zero-order valence-electron chi connectivity index (χ0n) is 11.2. The third-order valence-corrected chi connectivity index (χ3v) is 4.18.